The Bertz CT molecular complexity index is 355. The van der Waals surface area contributed by atoms with Crippen molar-refractivity contribution in [2.24, 2.45) is 0 Å². The predicted molar refractivity (Wildman–Crippen MR) is 71.0 cm³/mol. The zero-order valence-corrected chi connectivity index (χ0v) is 11.5. The van der Waals surface area contributed by atoms with Gasteiger partial charge in [-0.3, -0.25) is 4.79 Å². The van der Waals surface area contributed by atoms with Crippen molar-refractivity contribution >= 4 is 33.4 Å². The molecule has 1 rings (SSSR count). The SMILES string of the molecule is CC(Cl)CCCNC(=O)c1ccccc1Br. The first-order valence-electron chi connectivity index (χ1n) is 5.28. The van der Waals surface area contributed by atoms with Gasteiger partial charge in [0.05, 0.1) is 5.56 Å². The molecule has 1 aromatic carbocycles. The quantitative estimate of drug-likeness (QED) is 0.654. The fraction of sp³-hybridized carbons (Fsp3) is 0.417. The molecule has 0 aliphatic carbocycles. The monoisotopic (exact) mass is 303 g/mol. The molecule has 1 amide bonds. The molecule has 1 aromatic rings. The highest BCUT2D eigenvalue weighted by atomic mass is 79.9. The number of hydrogen-bond donors (Lipinski definition) is 1. The number of carbonyl (C=O) groups excluding carboxylic acids is 1. The second-order valence-corrected chi connectivity index (χ2v) is 5.26. The lowest BCUT2D eigenvalue weighted by Gasteiger charge is -2.07. The van der Waals surface area contributed by atoms with Crippen LogP contribution in [0, 0.1) is 0 Å². The topological polar surface area (TPSA) is 29.1 Å². The smallest absolute Gasteiger partial charge is 0.252 e. The summed E-state index contributed by atoms with van der Waals surface area (Å²) in [5, 5.41) is 3.03. The zero-order valence-electron chi connectivity index (χ0n) is 9.17. The third kappa shape index (κ3) is 4.54. The van der Waals surface area contributed by atoms with E-state index < -0.39 is 0 Å². The van der Waals surface area contributed by atoms with Gasteiger partial charge in [-0.1, -0.05) is 12.1 Å². The van der Waals surface area contributed by atoms with Crippen LogP contribution < -0.4 is 5.32 Å². The molecule has 4 heteroatoms. The van der Waals surface area contributed by atoms with Gasteiger partial charge in [0.2, 0.25) is 0 Å². The molecule has 16 heavy (non-hydrogen) atoms. The van der Waals surface area contributed by atoms with Crippen molar-refractivity contribution < 1.29 is 4.79 Å². The van der Waals surface area contributed by atoms with E-state index in [4.69, 9.17) is 11.6 Å². The van der Waals surface area contributed by atoms with Gasteiger partial charge < -0.3 is 5.32 Å². The lowest BCUT2D eigenvalue weighted by Crippen LogP contribution is -2.25. The fourth-order valence-corrected chi connectivity index (χ4v) is 1.94. The van der Waals surface area contributed by atoms with E-state index in [9.17, 15) is 4.79 Å². The molecule has 0 saturated carbocycles. The largest absolute Gasteiger partial charge is 0.352 e. The third-order valence-corrected chi connectivity index (χ3v) is 3.09. The maximum atomic E-state index is 11.7. The van der Waals surface area contributed by atoms with Crippen LogP contribution in [0.1, 0.15) is 30.1 Å². The number of halogens is 2. The van der Waals surface area contributed by atoms with Crippen LogP contribution in [0.25, 0.3) is 0 Å². The van der Waals surface area contributed by atoms with Gasteiger partial charge in [-0.15, -0.1) is 11.6 Å². The molecule has 0 bridgehead atoms. The molecule has 0 aliphatic rings. The van der Waals surface area contributed by atoms with Crippen molar-refractivity contribution in [3.05, 3.63) is 34.3 Å². The first kappa shape index (κ1) is 13.5. The van der Waals surface area contributed by atoms with E-state index in [-0.39, 0.29) is 11.3 Å². The minimum absolute atomic E-state index is 0.0466. The molecule has 0 radical (unpaired) electrons. The average molecular weight is 305 g/mol. The number of amides is 1. The Morgan fingerprint density at radius 1 is 1.50 bits per heavy atom. The van der Waals surface area contributed by atoms with E-state index in [0.717, 1.165) is 17.3 Å². The molecule has 0 fully saturated rings. The van der Waals surface area contributed by atoms with Gasteiger partial charge in [0.25, 0.3) is 5.91 Å². The van der Waals surface area contributed by atoms with Crippen LogP contribution in [0.15, 0.2) is 28.7 Å². The Kier molecular flexibility index (Phi) is 5.85. The van der Waals surface area contributed by atoms with E-state index in [1.54, 1.807) is 6.07 Å². The molecule has 0 saturated heterocycles. The molecular formula is C12H15BrClNO. The lowest BCUT2D eigenvalue weighted by atomic mass is 10.2. The molecule has 1 unspecified atom stereocenters. The average Bonchev–Trinajstić information content (AvgIpc) is 2.24. The highest BCUT2D eigenvalue weighted by Crippen LogP contribution is 2.15. The van der Waals surface area contributed by atoms with E-state index in [1.165, 1.54) is 0 Å². The van der Waals surface area contributed by atoms with Crippen molar-refractivity contribution in [2.75, 3.05) is 6.54 Å². The highest BCUT2D eigenvalue weighted by Gasteiger charge is 2.07. The Morgan fingerprint density at radius 2 is 2.19 bits per heavy atom. The van der Waals surface area contributed by atoms with Crippen LogP contribution >= 0.6 is 27.5 Å². The minimum atomic E-state index is -0.0466. The Hall–Kier alpha value is -0.540. The van der Waals surface area contributed by atoms with E-state index in [0.29, 0.717) is 12.1 Å². The first-order valence-corrected chi connectivity index (χ1v) is 6.51. The van der Waals surface area contributed by atoms with Crippen LogP contribution in [0.5, 0.6) is 0 Å². The summed E-state index contributed by atoms with van der Waals surface area (Å²) < 4.78 is 0.818. The number of carbonyl (C=O) groups is 1. The molecule has 0 heterocycles. The van der Waals surface area contributed by atoms with Gasteiger partial charge >= 0.3 is 0 Å². The number of rotatable bonds is 5. The number of alkyl halides is 1. The normalized spacial score (nSPS) is 12.2. The summed E-state index contributed by atoms with van der Waals surface area (Å²) in [4.78, 5) is 11.7. The minimum Gasteiger partial charge on any atom is -0.352 e. The molecule has 0 spiro atoms. The Balaban J connectivity index is 2.39. The standard InChI is InChI=1S/C12H15BrClNO/c1-9(14)5-4-8-15-12(16)10-6-2-3-7-11(10)13/h2-3,6-7,9H,4-5,8H2,1H3,(H,15,16). The number of hydrogen-bond acceptors (Lipinski definition) is 1. The van der Waals surface area contributed by atoms with Crippen molar-refractivity contribution in [1.82, 2.24) is 5.32 Å². The zero-order chi connectivity index (χ0) is 12.0. The van der Waals surface area contributed by atoms with Crippen LogP contribution in [0.4, 0.5) is 0 Å². The summed E-state index contributed by atoms with van der Waals surface area (Å²) in [5.41, 5.74) is 0.668. The molecule has 88 valence electrons. The summed E-state index contributed by atoms with van der Waals surface area (Å²) in [6.07, 6.45) is 1.82. The molecule has 0 aromatic heterocycles. The van der Waals surface area contributed by atoms with Crippen molar-refractivity contribution in [3.8, 4) is 0 Å². The van der Waals surface area contributed by atoms with Crippen LogP contribution in [-0.4, -0.2) is 17.8 Å². The Morgan fingerprint density at radius 3 is 2.81 bits per heavy atom. The summed E-state index contributed by atoms with van der Waals surface area (Å²) in [7, 11) is 0. The summed E-state index contributed by atoms with van der Waals surface area (Å²) >= 11 is 9.16. The van der Waals surface area contributed by atoms with Crippen LogP contribution in [-0.2, 0) is 0 Å². The summed E-state index contributed by atoms with van der Waals surface area (Å²) in [6.45, 7) is 2.62. The van der Waals surface area contributed by atoms with Gasteiger partial charge in [-0.2, -0.15) is 0 Å². The number of benzene rings is 1. The molecule has 1 N–H and O–H groups in total. The van der Waals surface area contributed by atoms with Gasteiger partial charge in [-0.05, 0) is 47.8 Å². The fourth-order valence-electron chi connectivity index (χ4n) is 1.33. The van der Waals surface area contributed by atoms with E-state index in [2.05, 4.69) is 21.2 Å². The second-order valence-electron chi connectivity index (χ2n) is 3.66. The van der Waals surface area contributed by atoms with E-state index >= 15 is 0 Å². The second kappa shape index (κ2) is 6.92. The molecule has 2 nitrogen and oxygen atoms in total. The Labute approximate surface area is 110 Å². The number of nitrogens with one attached hydrogen (secondary N) is 1. The predicted octanol–water partition coefficient (Wildman–Crippen LogP) is 3.59. The van der Waals surface area contributed by atoms with Crippen LogP contribution in [0.3, 0.4) is 0 Å². The van der Waals surface area contributed by atoms with Crippen molar-refractivity contribution in [3.63, 3.8) is 0 Å². The molecule has 0 aliphatic heterocycles. The van der Waals surface area contributed by atoms with Crippen molar-refractivity contribution in [2.45, 2.75) is 25.1 Å². The maximum Gasteiger partial charge on any atom is 0.252 e. The summed E-state index contributed by atoms with van der Waals surface area (Å²) in [5.74, 6) is -0.0466. The maximum absolute atomic E-state index is 11.7. The van der Waals surface area contributed by atoms with Gasteiger partial charge in [-0.25, -0.2) is 0 Å². The third-order valence-electron chi connectivity index (χ3n) is 2.18. The van der Waals surface area contributed by atoms with Gasteiger partial charge in [0, 0.05) is 16.4 Å². The summed E-state index contributed by atoms with van der Waals surface area (Å²) in [6, 6.07) is 7.38. The van der Waals surface area contributed by atoms with E-state index in [1.807, 2.05) is 25.1 Å². The highest BCUT2D eigenvalue weighted by molar-refractivity contribution is 9.10. The van der Waals surface area contributed by atoms with Gasteiger partial charge in [0.15, 0.2) is 0 Å². The molecule has 1 atom stereocenters. The van der Waals surface area contributed by atoms with Crippen molar-refractivity contribution in [1.29, 1.82) is 0 Å². The van der Waals surface area contributed by atoms with Gasteiger partial charge in [0.1, 0.15) is 0 Å². The molecular weight excluding hydrogens is 289 g/mol. The van der Waals surface area contributed by atoms with Crippen LogP contribution in [0.2, 0.25) is 0 Å². The lowest BCUT2D eigenvalue weighted by molar-refractivity contribution is 0.0952. The first-order chi connectivity index (χ1) is 7.61.